The number of carboxylic acid groups (broad SMARTS) is 1. The zero-order valence-corrected chi connectivity index (χ0v) is 13.9. The second kappa shape index (κ2) is 8.06. The van der Waals surface area contributed by atoms with Crippen molar-refractivity contribution in [2.24, 2.45) is 0 Å². The number of carboxylic acids is 1. The molecule has 0 aliphatic carbocycles. The van der Waals surface area contributed by atoms with Crippen LogP contribution in [0.1, 0.15) is 19.4 Å². The molecule has 126 valence electrons. The molecule has 0 bridgehead atoms. The van der Waals surface area contributed by atoms with Crippen LogP contribution in [0.2, 0.25) is 0 Å². The first-order valence-electron chi connectivity index (χ1n) is 7.55. The first-order chi connectivity index (χ1) is 11.6. The highest BCUT2D eigenvalue weighted by Crippen LogP contribution is 2.33. The number of ether oxygens (including phenoxy) is 3. The summed E-state index contributed by atoms with van der Waals surface area (Å²) in [5.41, 5.74) is 0.514. The smallest absolute Gasteiger partial charge is 0.339 e. The average Bonchev–Trinajstić information content (AvgIpc) is 2.57. The minimum atomic E-state index is -1.08. The maximum Gasteiger partial charge on any atom is 0.339 e. The third kappa shape index (κ3) is 4.07. The Hall–Kier alpha value is -2.95. The van der Waals surface area contributed by atoms with Gasteiger partial charge in [0.2, 0.25) is 0 Å². The van der Waals surface area contributed by atoms with Crippen molar-refractivity contribution in [1.29, 1.82) is 0 Å². The molecule has 0 atom stereocenters. The van der Waals surface area contributed by atoms with Gasteiger partial charge in [0, 0.05) is 11.6 Å². The topological polar surface area (TPSA) is 65.0 Å². The zero-order chi connectivity index (χ0) is 17.5. The van der Waals surface area contributed by atoms with Crippen LogP contribution >= 0.6 is 0 Å². The molecule has 2 aromatic carbocycles. The molecule has 0 amide bonds. The monoisotopic (exact) mass is 328 g/mol. The zero-order valence-electron chi connectivity index (χ0n) is 13.9. The van der Waals surface area contributed by atoms with Gasteiger partial charge >= 0.3 is 5.97 Å². The van der Waals surface area contributed by atoms with E-state index in [4.69, 9.17) is 14.2 Å². The predicted molar refractivity (Wildman–Crippen MR) is 91.4 cm³/mol. The van der Waals surface area contributed by atoms with Crippen LogP contribution in [-0.4, -0.2) is 24.8 Å². The highest BCUT2D eigenvalue weighted by molar-refractivity contribution is 6.16. The highest BCUT2D eigenvalue weighted by atomic mass is 16.5. The summed E-state index contributed by atoms with van der Waals surface area (Å²) in [5, 5.41) is 9.52. The Bertz CT molecular complexity index is 749. The Morgan fingerprint density at radius 3 is 2.46 bits per heavy atom. The first-order valence-corrected chi connectivity index (χ1v) is 7.55. The van der Waals surface area contributed by atoms with Gasteiger partial charge in [-0.3, -0.25) is 0 Å². The van der Waals surface area contributed by atoms with E-state index in [0.717, 1.165) is 0 Å². The number of carbonyl (C=O) groups is 1. The van der Waals surface area contributed by atoms with Crippen molar-refractivity contribution in [3.63, 3.8) is 0 Å². The molecule has 2 aromatic rings. The van der Waals surface area contributed by atoms with Gasteiger partial charge in [-0.25, -0.2) is 4.79 Å². The second-order valence-corrected chi connectivity index (χ2v) is 4.95. The van der Waals surface area contributed by atoms with Crippen LogP contribution in [0.3, 0.4) is 0 Å². The van der Waals surface area contributed by atoms with E-state index in [-0.39, 0.29) is 5.57 Å². The van der Waals surface area contributed by atoms with E-state index in [1.54, 1.807) is 43.3 Å². The van der Waals surface area contributed by atoms with Gasteiger partial charge in [0.1, 0.15) is 28.6 Å². The molecule has 1 N–H and O–H groups in total. The summed E-state index contributed by atoms with van der Waals surface area (Å²) < 4.78 is 16.4. The molecular weight excluding hydrogens is 308 g/mol. The maximum atomic E-state index is 11.6. The molecule has 0 radical (unpaired) electrons. The van der Waals surface area contributed by atoms with E-state index in [0.29, 0.717) is 35.2 Å². The molecule has 2 rings (SSSR count). The van der Waals surface area contributed by atoms with E-state index in [9.17, 15) is 9.90 Å². The number of methoxy groups -OCH3 is 1. The normalized spacial score (nSPS) is 11.5. The Morgan fingerprint density at radius 2 is 1.79 bits per heavy atom. The molecule has 5 heteroatoms. The molecule has 0 fully saturated rings. The molecule has 0 saturated heterocycles. The molecule has 0 aliphatic rings. The molecule has 0 aromatic heterocycles. The minimum absolute atomic E-state index is 0.0639. The minimum Gasteiger partial charge on any atom is -0.500 e. The molecule has 0 unspecified atom stereocenters. The van der Waals surface area contributed by atoms with E-state index >= 15 is 0 Å². The number of hydrogen-bond donors (Lipinski definition) is 1. The Morgan fingerprint density at radius 1 is 1.08 bits per heavy atom. The molecule has 0 aliphatic heterocycles. The largest absolute Gasteiger partial charge is 0.500 e. The number of aliphatic carboxylic acids is 1. The maximum absolute atomic E-state index is 11.6. The lowest BCUT2D eigenvalue weighted by atomic mass is 10.0. The van der Waals surface area contributed by atoms with Gasteiger partial charge in [-0.2, -0.15) is 0 Å². The Balaban J connectivity index is 2.43. The van der Waals surface area contributed by atoms with Crippen LogP contribution in [0.5, 0.6) is 17.2 Å². The molecule has 0 saturated carbocycles. The molecular formula is C19H20O5. The van der Waals surface area contributed by atoms with Crippen LogP contribution in [0.4, 0.5) is 0 Å². The SMILES string of the molecule is CCOc1cccc(Oc2ccccc2/C(C(=O)O)=C(/C)OC)c1. The van der Waals surface area contributed by atoms with Gasteiger partial charge in [0.15, 0.2) is 0 Å². The van der Waals surface area contributed by atoms with Gasteiger partial charge in [-0.15, -0.1) is 0 Å². The molecule has 0 spiro atoms. The van der Waals surface area contributed by atoms with Crippen LogP contribution < -0.4 is 9.47 Å². The van der Waals surface area contributed by atoms with E-state index in [1.807, 2.05) is 19.1 Å². The summed E-state index contributed by atoms with van der Waals surface area (Å²) in [7, 11) is 1.44. The summed E-state index contributed by atoms with van der Waals surface area (Å²) >= 11 is 0. The number of benzene rings is 2. The standard InChI is InChI=1S/C19H20O5/c1-4-23-14-8-7-9-15(12-14)24-17-11-6-5-10-16(17)18(19(20)21)13(2)22-3/h5-12H,4H2,1-3H3,(H,20,21)/b18-13+. The molecule has 5 nitrogen and oxygen atoms in total. The summed E-state index contributed by atoms with van der Waals surface area (Å²) in [4.78, 5) is 11.6. The lowest BCUT2D eigenvalue weighted by Gasteiger charge is -2.14. The summed E-state index contributed by atoms with van der Waals surface area (Å²) in [5.74, 6) is 0.915. The highest BCUT2D eigenvalue weighted by Gasteiger charge is 2.19. The molecule has 24 heavy (non-hydrogen) atoms. The quantitative estimate of drug-likeness (QED) is 0.605. The van der Waals surface area contributed by atoms with Crippen LogP contribution in [0, 0.1) is 0 Å². The number of rotatable bonds is 7. The lowest BCUT2D eigenvalue weighted by molar-refractivity contribution is -0.130. The average molecular weight is 328 g/mol. The summed E-state index contributed by atoms with van der Waals surface area (Å²) in [6, 6.07) is 14.1. The van der Waals surface area contributed by atoms with Gasteiger partial charge in [-0.1, -0.05) is 24.3 Å². The van der Waals surface area contributed by atoms with Crippen LogP contribution in [0.15, 0.2) is 54.3 Å². The van der Waals surface area contributed by atoms with Gasteiger partial charge in [0.25, 0.3) is 0 Å². The van der Waals surface area contributed by atoms with Gasteiger partial charge in [-0.05, 0) is 32.0 Å². The fraction of sp³-hybridized carbons (Fsp3) is 0.211. The van der Waals surface area contributed by atoms with Crippen LogP contribution in [-0.2, 0) is 9.53 Å². The lowest BCUT2D eigenvalue weighted by Crippen LogP contribution is -2.05. The van der Waals surface area contributed by atoms with Crippen LogP contribution in [0.25, 0.3) is 5.57 Å². The van der Waals surface area contributed by atoms with E-state index in [1.165, 1.54) is 7.11 Å². The number of allylic oxidation sites excluding steroid dienone is 1. The third-order valence-electron chi connectivity index (χ3n) is 3.37. The predicted octanol–water partition coefficient (Wildman–Crippen LogP) is 4.34. The van der Waals surface area contributed by atoms with Gasteiger partial charge < -0.3 is 19.3 Å². The third-order valence-corrected chi connectivity index (χ3v) is 3.37. The first kappa shape index (κ1) is 17.4. The van der Waals surface area contributed by atoms with Gasteiger partial charge in [0.05, 0.1) is 13.7 Å². The van der Waals surface area contributed by atoms with E-state index in [2.05, 4.69) is 0 Å². The second-order valence-electron chi connectivity index (χ2n) is 4.95. The van der Waals surface area contributed by atoms with Crippen molar-refractivity contribution < 1.29 is 24.1 Å². The fourth-order valence-electron chi connectivity index (χ4n) is 2.24. The Kier molecular flexibility index (Phi) is 5.84. The number of para-hydroxylation sites is 1. The summed E-state index contributed by atoms with van der Waals surface area (Å²) in [6.45, 7) is 4.06. The summed E-state index contributed by atoms with van der Waals surface area (Å²) in [6.07, 6.45) is 0. The van der Waals surface area contributed by atoms with Crippen molar-refractivity contribution in [2.75, 3.05) is 13.7 Å². The Labute approximate surface area is 141 Å². The van der Waals surface area contributed by atoms with E-state index < -0.39 is 5.97 Å². The van der Waals surface area contributed by atoms with Crippen molar-refractivity contribution in [3.8, 4) is 17.2 Å². The van der Waals surface area contributed by atoms with Crippen molar-refractivity contribution in [3.05, 3.63) is 59.9 Å². The fourth-order valence-corrected chi connectivity index (χ4v) is 2.24. The number of hydrogen-bond acceptors (Lipinski definition) is 4. The van der Waals surface area contributed by atoms with Crippen molar-refractivity contribution in [1.82, 2.24) is 0 Å². The molecule has 0 heterocycles. The van der Waals surface area contributed by atoms with Crippen molar-refractivity contribution in [2.45, 2.75) is 13.8 Å². The van der Waals surface area contributed by atoms with Crippen molar-refractivity contribution >= 4 is 11.5 Å².